The lowest BCUT2D eigenvalue weighted by atomic mass is 9.84. The molecule has 0 aliphatic carbocycles. The van der Waals surface area contributed by atoms with Gasteiger partial charge in [0, 0.05) is 43.2 Å². The number of carbonyl (C=O) groups excluding carboxylic acids is 5. The van der Waals surface area contributed by atoms with E-state index in [9.17, 15) is 24.0 Å². The first kappa shape index (κ1) is 39.8. The molecule has 0 aromatic heterocycles. The summed E-state index contributed by atoms with van der Waals surface area (Å²) in [5, 5.41) is 7.47. The topological polar surface area (TPSA) is 150 Å². The Balaban J connectivity index is 2.01. The summed E-state index contributed by atoms with van der Waals surface area (Å²) in [5.74, 6) is -1.88. The van der Waals surface area contributed by atoms with E-state index < -0.39 is 58.2 Å². The maximum atomic E-state index is 14.5. The Morgan fingerprint density at radius 2 is 1.76 bits per heavy atom. The zero-order valence-electron chi connectivity index (χ0n) is 30.5. The van der Waals surface area contributed by atoms with E-state index in [1.54, 1.807) is 60.6 Å². The lowest BCUT2D eigenvalue weighted by Gasteiger charge is -2.36. The number of methoxy groups -OCH3 is 1. The Kier molecular flexibility index (Phi) is 12.9. The van der Waals surface area contributed by atoms with Crippen LogP contribution in [0.2, 0.25) is 5.02 Å². The monoisotopic (exact) mass is 705 g/mol. The van der Waals surface area contributed by atoms with Crippen molar-refractivity contribution >= 4 is 46.7 Å². The summed E-state index contributed by atoms with van der Waals surface area (Å²) in [5.41, 5.74) is -1.60. The van der Waals surface area contributed by atoms with Crippen molar-refractivity contribution in [1.82, 2.24) is 10.2 Å². The Hall–Kier alpha value is -3.67. The Bertz CT molecular complexity index is 1460. The molecular weight excluding hydrogens is 654 g/mol. The van der Waals surface area contributed by atoms with Crippen molar-refractivity contribution in [3.63, 3.8) is 0 Å². The lowest BCUT2D eigenvalue weighted by Crippen LogP contribution is -2.57. The van der Waals surface area contributed by atoms with Crippen molar-refractivity contribution in [3.8, 4) is 11.5 Å². The van der Waals surface area contributed by atoms with Gasteiger partial charge in [-0.05, 0) is 45.6 Å². The number of hydrogen-bond donors (Lipinski definition) is 1. The molecule has 4 atom stereocenters. The highest BCUT2D eigenvalue weighted by Gasteiger charge is 2.55. The third-order valence-corrected chi connectivity index (χ3v) is 8.88. The van der Waals surface area contributed by atoms with Crippen LogP contribution in [0.5, 0.6) is 11.5 Å². The molecule has 2 aliphatic rings. The highest BCUT2D eigenvalue weighted by molar-refractivity contribution is 6.38. The number of likely N-dealkylation sites (tertiary alicyclic amines) is 1. The summed E-state index contributed by atoms with van der Waals surface area (Å²) in [6.07, 6.45) is 0.305. The molecule has 0 bridgehead atoms. The molecule has 2 amide bonds. The smallest absolute Gasteiger partial charge is 0.408 e. The number of ketones is 3. The molecule has 0 unspecified atom stereocenters. The van der Waals surface area contributed by atoms with Crippen molar-refractivity contribution in [1.29, 1.82) is 0 Å². The molecule has 2 aliphatic heterocycles. The fourth-order valence-electron chi connectivity index (χ4n) is 6.22. The maximum absolute atomic E-state index is 14.5. The number of Topliss-reactive ketones (excluding diaryl/α,β-unsaturated/α-hetero) is 3. The Morgan fingerprint density at radius 3 is 2.31 bits per heavy atom. The first-order valence-corrected chi connectivity index (χ1v) is 17.3. The van der Waals surface area contributed by atoms with E-state index in [1.165, 1.54) is 12.0 Å². The second-order valence-electron chi connectivity index (χ2n) is 14.8. The predicted molar refractivity (Wildman–Crippen MR) is 185 cm³/mol. The standard InChI is InChI=1S/C36H52ClN3O9/c1-11-14-21(30(43)26(41)12-2)15-27(42)25-19-36(18-24(39-49-36)22-16-23(37)29(47-13-3)17-28(22)46-10)20-40(25)32(44)31(34(4,5)6)38-33(45)48-35(7,8)9/h16-17,21,25,31H,11-15,18-20H2,1-10H3,(H,38,45)/t21-,25+,31-,36-/m1/s1. The van der Waals surface area contributed by atoms with Crippen LogP contribution < -0.4 is 14.8 Å². The van der Waals surface area contributed by atoms with Crippen LogP contribution in [0.4, 0.5) is 4.79 Å². The summed E-state index contributed by atoms with van der Waals surface area (Å²) >= 11 is 6.52. The molecule has 0 saturated carbocycles. The SMILES string of the molecule is CCC[C@H](CC(=O)[C@@H]1C[C@]2(CC(c3cc(Cl)c(OCC)cc3OC)=NO2)CN1C(=O)[C@@H](NC(=O)OC(C)(C)C)C(C)(C)C)C(=O)C(=O)CC. The predicted octanol–water partition coefficient (Wildman–Crippen LogP) is 6.07. The molecule has 1 fully saturated rings. The largest absolute Gasteiger partial charge is 0.496 e. The lowest BCUT2D eigenvalue weighted by molar-refractivity contribution is -0.143. The van der Waals surface area contributed by atoms with E-state index in [4.69, 9.17) is 30.6 Å². The molecule has 0 radical (unpaired) electrons. The van der Waals surface area contributed by atoms with Crippen LogP contribution in [0.3, 0.4) is 0 Å². The molecule has 13 heteroatoms. The number of rotatable bonds is 14. The second-order valence-corrected chi connectivity index (χ2v) is 15.2. The number of oxime groups is 1. The molecular formula is C36H52ClN3O9. The van der Waals surface area contributed by atoms with Crippen LogP contribution in [0.25, 0.3) is 0 Å². The van der Waals surface area contributed by atoms with Gasteiger partial charge >= 0.3 is 6.09 Å². The fraction of sp³-hybridized carbons (Fsp3) is 0.667. The van der Waals surface area contributed by atoms with E-state index in [-0.39, 0.29) is 38.0 Å². The number of amides is 2. The van der Waals surface area contributed by atoms with Crippen LogP contribution in [0.1, 0.15) is 106 Å². The van der Waals surface area contributed by atoms with Gasteiger partial charge in [-0.25, -0.2) is 4.79 Å². The number of carbonyl (C=O) groups is 5. The summed E-state index contributed by atoms with van der Waals surface area (Å²) in [6.45, 7) is 16.3. The van der Waals surface area contributed by atoms with Gasteiger partial charge in [0.15, 0.2) is 17.2 Å². The molecule has 1 saturated heterocycles. The van der Waals surface area contributed by atoms with Gasteiger partial charge in [-0.3, -0.25) is 19.2 Å². The number of alkyl carbamates (subject to hydrolysis) is 1. The first-order valence-electron chi connectivity index (χ1n) is 16.9. The number of benzene rings is 1. The van der Waals surface area contributed by atoms with Gasteiger partial charge in [0.1, 0.15) is 23.1 Å². The normalized spacial score (nSPS) is 20.3. The van der Waals surface area contributed by atoms with E-state index in [0.717, 1.165) is 0 Å². The van der Waals surface area contributed by atoms with Crippen LogP contribution >= 0.6 is 11.6 Å². The highest BCUT2D eigenvalue weighted by atomic mass is 35.5. The van der Waals surface area contributed by atoms with Crippen LogP contribution in [-0.2, 0) is 28.8 Å². The molecule has 1 aromatic rings. The first-order chi connectivity index (χ1) is 22.8. The quantitative estimate of drug-likeness (QED) is 0.227. The third-order valence-electron chi connectivity index (χ3n) is 8.58. The van der Waals surface area contributed by atoms with Gasteiger partial charge in [-0.15, -0.1) is 0 Å². The summed E-state index contributed by atoms with van der Waals surface area (Å²) < 4.78 is 16.7. The Labute approximate surface area is 294 Å². The zero-order valence-corrected chi connectivity index (χ0v) is 31.2. The van der Waals surface area contributed by atoms with E-state index in [1.807, 2.05) is 13.8 Å². The maximum Gasteiger partial charge on any atom is 0.408 e. The summed E-state index contributed by atoms with van der Waals surface area (Å²) in [6, 6.07) is 1.26. The van der Waals surface area contributed by atoms with Gasteiger partial charge < -0.3 is 29.3 Å². The molecule has 1 spiro atoms. The van der Waals surface area contributed by atoms with Crippen LogP contribution in [0, 0.1) is 11.3 Å². The van der Waals surface area contributed by atoms with E-state index in [2.05, 4.69) is 10.5 Å². The van der Waals surface area contributed by atoms with Gasteiger partial charge in [0.2, 0.25) is 11.7 Å². The summed E-state index contributed by atoms with van der Waals surface area (Å²) in [4.78, 5) is 74.4. The summed E-state index contributed by atoms with van der Waals surface area (Å²) in [7, 11) is 1.51. The van der Waals surface area contributed by atoms with E-state index in [0.29, 0.717) is 47.2 Å². The van der Waals surface area contributed by atoms with Crippen LogP contribution in [-0.4, -0.2) is 83.5 Å². The molecule has 1 aromatic carbocycles. The van der Waals surface area contributed by atoms with Crippen molar-refractivity contribution in [2.75, 3.05) is 20.3 Å². The molecule has 12 nitrogen and oxygen atoms in total. The minimum Gasteiger partial charge on any atom is -0.496 e. The molecule has 2 heterocycles. The van der Waals surface area contributed by atoms with Crippen LogP contribution in [0.15, 0.2) is 17.3 Å². The molecule has 272 valence electrons. The number of ether oxygens (including phenoxy) is 3. The Morgan fingerprint density at radius 1 is 1.08 bits per heavy atom. The molecule has 49 heavy (non-hydrogen) atoms. The van der Waals surface area contributed by atoms with Crippen molar-refractivity contribution in [2.45, 2.75) is 124 Å². The number of halogens is 1. The minimum atomic E-state index is -1.10. The van der Waals surface area contributed by atoms with Crippen molar-refractivity contribution in [3.05, 3.63) is 22.7 Å². The molecule has 3 rings (SSSR count). The van der Waals surface area contributed by atoms with Gasteiger partial charge in [-0.1, -0.05) is 57.8 Å². The van der Waals surface area contributed by atoms with Crippen molar-refractivity contribution < 1.29 is 43.0 Å². The van der Waals surface area contributed by atoms with Crippen molar-refractivity contribution in [2.24, 2.45) is 16.5 Å². The third kappa shape index (κ3) is 9.73. The highest BCUT2D eigenvalue weighted by Crippen LogP contribution is 2.43. The number of hydrogen-bond acceptors (Lipinski definition) is 10. The number of nitrogens with zero attached hydrogens (tertiary/aromatic N) is 2. The zero-order chi connectivity index (χ0) is 36.9. The minimum absolute atomic E-state index is 0.0226. The van der Waals surface area contributed by atoms with Gasteiger partial charge in [0.05, 0.1) is 37.0 Å². The second kappa shape index (κ2) is 15.9. The molecule has 1 N–H and O–H groups in total. The van der Waals surface area contributed by atoms with E-state index >= 15 is 0 Å². The average molecular weight is 706 g/mol. The van der Waals surface area contributed by atoms with Gasteiger partial charge in [0.25, 0.3) is 0 Å². The fourth-order valence-corrected chi connectivity index (χ4v) is 6.44. The average Bonchev–Trinajstić information content (AvgIpc) is 3.61. The number of nitrogens with one attached hydrogen (secondary N) is 1. The van der Waals surface area contributed by atoms with Gasteiger partial charge in [-0.2, -0.15) is 0 Å².